The standard InChI is InChI=1S/C29H31ClF3N3O3/c1-2-18-4-3-5-19(10-18)16-34-17-27(37)26(13-20-11-21(31)14-22(32)12-20)36-29(39)9-8-28(38)35-23-6-7-25(33)24(30)15-23/h3-7,10-12,14-15,26-27,34,37H,2,8-9,13,16-17H2,1H3,(H,35,38)(H,36,39)/t26-,27+/m0/s1. The number of nitrogens with one attached hydrogen (secondary N) is 3. The highest BCUT2D eigenvalue weighted by atomic mass is 35.5. The molecule has 0 aliphatic heterocycles. The van der Waals surface area contributed by atoms with E-state index in [1.165, 1.54) is 17.7 Å². The summed E-state index contributed by atoms with van der Waals surface area (Å²) >= 11 is 5.72. The second-order valence-electron chi connectivity index (χ2n) is 9.20. The Balaban J connectivity index is 1.59. The number of aliphatic hydroxyl groups is 1. The van der Waals surface area contributed by atoms with Crippen LogP contribution < -0.4 is 16.0 Å². The lowest BCUT2D eigenvalue weighted by atomic mass is 10.00. The van der Waals surface area contributed by atoms with Crippen LogP contribution in [0, 0.1) is 17.5 Å². The summed E-state index contributed by atoms with van der Waals surface area (Å²) in [5.74, 6) is -3.18. The van der Waals surface area contributed by atoms with E-state index in [-0.39, 0.29) is 42.1 Å². The molecule has 0 radical (unpaired) electrons. The number of rotatable bonds is 13. The molecule has 0 fully saturated rings. The Bertz CT molecular complexity index is 1270. The number of hydrogen-bond acceptors (Lipinski definition) is 4. The molecule has 3 aromatic carbocycles. The van der Waals surface area contributed by atoms with Gasteiger partial charge in [-0.15, -0.1) is 0 Å². The first-order chi connectivity index (χ1) is 18.6. The van der Waals surface area contributed by atoms with Crippen LogP contribution in [0.2, 0.25) is 5.02 Å². The fraction of sp³-hybridized carbons (Fsp3) is 0.310. The summed E-state index contributed by atoms with van der Waals surface area (Å²) in [6.07, 6.45) is -0.632. The molecule has 0 bridgehead atoms. The van der Waals surface area contributed by atoms with Gasteiger partial charge in [0, 0.05) is 37.7 Å². The topological polar surface area (TPSA) is 90.5 Å². The highest BCUT2D eigenvalue weighted by Gasteiger charge is 2.23. The monoisotopic (exact) mass is 561 g/mol. The van der Waals surface area contributed by atoms with E-state index in [4.69, 9.17) is 11.6 Å². The summed E-state index contributed by atoms with van der Waals surface area (Å²) in [5.41, 5.74) is 2.75. The highest BCUT2D eigenvalue weighted by molar-refractivity contribution is 6.31. The second-order valence-corrected chi connectivity index (χ2v) is 9.61. The van der Waals surface area contributed by atoms with Crippen LogP contribution in [0.4, 0.5) is 18.9 Å². The molecule has 0 aliphatic carbocycles. The molecular formula is C29H31ClF3N3O3. The number of anilines is 1. The van der Waals surface area contributed by atoms with Crippen molar-refractivity contribution in [1.29, 1.82) is 0 Å². The number of carbonyl (C=O) groups excluding carboxylic acids is 2. The molecule has 208 valence electrons. The zero-order valence-corrected chi connectivity index (χ0v) is 22.2. The maximum atomic E-state index is 13.8. The van der Waals surface area contributed by atoms with Crippen LogP contribution in [-0.4, -0.2) is 35.6 Å². The smallest absolute Gasteiger partial charge is 0.224 e. The first kappa shape index (κ1) is 30.1. The minimum Gasteiger partial charge on any atom is -0.390 e. The minimum absolute atomic E-state index is 0.0329. The van der Waals surface area contributed by atoms with Crippen LogP contribution >= 0.6 is 11.6 Å². The first-order valence-electron chi connectivity index (χ1n) is 12.6. The van der Waals surface area contributed by atoms with Crippen molar-refractivity contribution in [3.05, 3.63) is 99.8 Å². The lowest BCUT2D eigenvalue weighted by Crippen LogP contribution is -2.48. The van der Waals surface area contributed by atoms with Gasteiger partial charge < -0.3 is 21.1 Å². The molecule has 0 unspecified atom stereocenters. The van der Waals surface area contributed by atoms with Crippen LogP contribution in [0.3, 0.4) is 0 Å². The third-order valence-electron chi connectivity index (χ3n) is 6.05. The van der Waals surface area contributed by atoms with Gasteiger partial charge in [0.2, 0.25) is 11.8 Å². The Morgan fingerprint density at radius 3 is 2.28 bits per heavy atom. The van der Waals surface area contributed by atoms with Crippen molar-refractivity contribution >= 4 is 29.1 Å². The minimum atomic E-state index is -1.09. The van der Waals surface area contributed by atoms with E-state index in [1.54, 1.807) is 0 Å². The SMILES string of the molecule is CCc1cccc(CNC[C@@H](O)[C@H](Cc2cc(F)cc(F)c2)NC(=O)CCC(=O)Nc2ccc(F)c(Cl)c2)c1. The van der Waals surface area contributed by atoms with Crippen molar-refractivity contribution in [2.24, 2.45) is 0 Å². The predicted molar refractivity (Wildman–Crippen MR) is 145 cm³/mol. The predicted octanol–water partition coefficient (Wildman–Crippen LogP) is 4.92. The van der Waals surface area contributed by atoms with Crippen molar-refractivity contribution in [2.45, 2.75) is 51.3 Å². The molecule has 39 heavy (non-hydrogen) atoms. The largest absolute Gasteiger partial charge is 0.390 e. The average Bonchev–Trinajstić information content (AvgIpc) is 2.89. The second kappa shape index (κ2) is 14.7. The molecule has 0 heterocycles. The number of benzene rings is 3. The Morgan fingerprint density at radius 2 is 1.59 bits per heavy atom. The van der Waals surface area contributed by atoms with E-state index in [1.807, 2.05) is 18.2 Å². The van der Waals surface area contributed by atoms with Gasteiger partial charge in [0.25, 0.3) is 0 Å². The zero-order chi connectivity index (χ0) is 28.4. The fourth-order valence-corrected chi connectivity index (χ4v) is 4.22. The van der Waals surface area contributed by atoms with Gasteiger partial charge in [0.15, 0.2) is 0 Å². The van der Waals surface area contributed by atoms with Crippen molar-refractivity contribution in [1.82, 2.24) is 10.6 Å². The van der Waals surface area contributed by atoms with Gasteiger partial charge in [0.05, 0.1) is 17.2 Å². The lowest BCUT2D eigenvalue weighted by molar-refractivity contribution is -0.125. The molecule has 10 heteroatoms. The molecule has 0 saturated carbocycles. The number of carbonyl (C=O) groups is 2. The van der Waals surface area contributed by atoms with Crippen LogP contribution in [0.1, 0.15) is 36.5 Å². The Hall–Kier alpha value is -3.40. The van der Waals surface area contributed by atoms with E-state index in [9.17, 15) is 27.9 Å². The molecule has 4 N–H and O–H groups in total. The molecule has 2 amide bonds. The van der Waals surface area contributed by atoms with E-state index >= 15 is 0 Å². The van der Waals surface area contributed by atoms with Gasteiger partial charge in [-0.25, -0.2) is 13.2 Å². The Morgan fingerprint density at radius 1 is 0.897 bits per heavy atom. The molecule has 0 saturated heterocycles. The lowest BCUT2D eigenvalue weighted by Gasteiger charge is -2.25. The summed E-state index contributed by atoms with van der Waals surface area (Å²) in [6.45, 7) is 2.64. The number of aliphatic hydroxyl groups excluding tert-OH is 1. The number of aryl methyl sites for hydroxylation is 1. The van der Waals surface area contributed by atoms with Gasteiger partial charge in [-0.1, -0.05) is 42.8 Å². The van der Waals surface area contributed by atoms with Gasteiger partial charge in [-0.2, -0.15) is 0 Å². The summed E-state index contributed by atoms with van der Waals surface area (Å²) in [7, 11) is 0. The Kier molecular flexibility index (Phi) is 11.3. The van der Waals surface area contributed by atoms with Crippen LogP contribution in [0.15, 0.2) is 60.7 Å². The molecule has 3 rings (SSSR count). The van der Waals surface area contributed by atoms with E-state index in [0.717, 1.165) is 36.2 Å². The normalized spacial score (nSPS) is 12.6. The van der Waals surface area contributed by atoms with Crippen molar-refractivity contribution in [3.63, 3.8) is 0 Å². The molecule has 2 atom stereocenters. The van der Waals surface area contributed by atoms with E-state index < -0.39 is 41.4 Å². The van der Waals surface area contributed by atoms with Gasteiger partial charge >= 0.3 is 0 Å². The van der Waals surface area contributed by atoms with Crippen LogP contribution in [-0.2, 0) is 29.0 Å². The molecule has 0 spiro atoms. The first-order valence-corrected chi connectivity index (χ1v) is 13.0. The summed E-state index contributed by atoms with van der Waals surface area (Å²) in [4.78, 5) is 24.9. The summed E-state index contributed by atoms with van der Waals surface area (Å²) in [5, 5.41) is 19.1. The van der Waals surface area contributed by atoms with E-state index in [2.05, 4.69) is 28.9 Å². The van der Waals surface area contributed by atoms with Crippen LogP contribution in [0.25, 0.3) is 0 Å². The summed E-state index contributed by atoms with van der Waals surface area (Å²) in [6, 6.07) is 13.8. The number of hydrogen-bond donors (Lipinski definition) is 4. The van der Waals surface area contributed by atoms with Crippen molar-refractivity contribution in [2.75, 3.05) is 11.9 Å². The van der Waals surface area contributed by atoms with Crippen molar-refractivity contribution < 1.29 is 27.9 Å². The average molecular weight is 562 g/mol. The third-order valence-corrected chi connectivity index (χ3v) is 6.34. The highest BCUT2D eigenvalue weighted by Crippen LogP contribution is 2.19. The molecule has 6 nitrogen and oxygen atoms in total. The van der Waals surface area contributed by atoms with Gasteiger partial charge in [-0.3, -0.25) is 9.59 Å². The molecule has 0 aliphatic rings. The quantitative estimate of drug-likeness (QED) is 0.239. The molecule has 3 aromatic rings. The maximum absolute atomic E-state index is 13.8. The van der Waals surface area contributed by atoms with Gasteiger partial charge in [0.1, 0.15) is 17.5 Å². The van der Waals surface area contributed by atoms with Gasteiger partial charge in [-0.05, 0) is 59.9 Å². The van der Waals surface area contributed by atoms with Crippen molar-refractivity contribution in [3.8, 4) is 0 Å². The Labute approximate surface area is 230 Å². The van der Waals surface area contributed by atoms with Crippen LogP contribution in [0.5, 0.6) is 0 Å². The fourth-order valence-electron chi connectivity index (χ4n) is 4.04. The molecular weight excluding hydrogens is 531 g/mol. The zero-order valence-electron chi connectivity index (χ0n) is 21.4. The van der Waals surface area contributed by atoms with E-state index in [0.29, 0.717) is 6.54 Å². The maximum Gasteiger partial charge on any atom is 0.224 e. The summed E-state index contributed by atoms with van der Waals surface area (Å²) < 4.78 is 40.8. The number of amides is 2. The number of halogens is 4. The third kappa shape index (κ3) is 10.0. The molecule has 0 aromatic heterocycles.